The lowest BCUT2D eigenvalue weighted by Gasteiger charge is -2.16. The number of benzene rings is 1. The number of amides is 1. The first-order chi connectivity index (χ1) is 14.6. The number of carbonyl (C=O) groups is 3. The minimum Gasteiger partial charge on any atom is -0.484 e. The van der Waals surface area contributed by atoms with Crippen LogP contribution in [0.25, 0.3) is 0 Å². The number of ether oxygens (including phenoxy) is 2. The average Bonchev–Trinajstić information content (AvgIpc) is 3.22. The molecule has 3 rings (SSSR count). The highest BCUT2D eigenvalue weighted by molar-refractivity contribution is 7.91. The minimum absolute atomic E-state index is 0.0557. The van der Waals surface area contributed by atoms with E-state index in [-0.39, 0.29) is 41.3 Å². The Morgan fingerprint density at radius 2 is 1.90 bits per heavy atom. The molecule has 0 radical (unpaired) electrons. The molecule has 166 valence electrons. The molecule has 2 aromatic rings. The molecule has 1 unspecified atom stereocenters. The van der Waals surface area contributed by atoms with E-state index in [4.69, 9.17) is 15.2 Å². The molecular weight excluding hydrogens is 424 g/mol. The van der Waals surface area contributed by atoms with Crippen LogP contribution in [0.1, 0.15) is 44.6 Å². The first-order valence-electron chi connectivity index (χ1n) is 9.68. The van der Waals surface area contributed by atoms with Crippen molar-refractivity contribution in [2.75, 3.05) is 24.7 Å². The van der Waals surface area contributed by atoms with Crippen molar-refractivity contribution in [2.24, 2.45) is 5.73 Å². The van der Waals surface area contributed by atoms with Crippen LogP contribution in [0.3, 0.4) is 0 Å². The van der Waals surface area contributed by atoms with Crippen molar-refractivity contribution in [3.05, 3.63) is 52.8 Å². The third kappa shape index (κ3) is 5.32. The number of aromatic nitrogens is 1. The van der Waals surface area contributed by atoms with Crippen LogP contribution in [0.15, 0.2) is 30.3 Å². The van der Waals surface area contributed by atoms with E-state index in [0.717, 1.165) is 5.69 Å². The quantitative estimate of drug-likeness (QED) is 0.476. The van der Waals surface area contributed by atoms with E-state index >= 15 is 0 Å². The number of hydrogen-bond acceptors (Lipinski definition) is 7. The van der Waals surface area contributed by atoms with E-state index in [1.54, 1.807) is 25.1 Å². The SMILES string of the molecule is Cc1cc(C(=O)COC(=O)c2cccc(OCC(N)=O)c2)c(C)n1C1CCS(=O)(=O)C1. The molecular formula is C21H24N2O7S. The van der Waals surface area contributed by atoms with Crippen LogP contribution in [0.5, 0.6) is 5.75 Å². The Morgan fingerprint density at radius 1 is 1.16 bits per heavy atom. The van der Waals surface area contributed by atoms with Crippen LogP contribution in [0.4, 0.5) is 0 Å². The fraction of sp³-hybridized carbons (Fsp3) is 0.381. The molecule has 2 heterocycles. The molecule has 0 saturated carbocycles. The molecule has 10 heteroatoms. The van der Waals surface area contributed by atoms with Gasteiger partial charge in [-0.25, -0.2) is 13.2 Å². The lowest BCUT2D eigenvalue weighted by Crippen LogP contribution is -2.20. The third-order valence-corrected chi connectivity index (χ3v) is 6.89. The molecule has 1 saturated heterocycles. The minimum atomic E-state index is -3.06. The zero-order valence-corrected chi connectivity index (χ0v) is 18.1. The standard InChI is InChI=1S/C21H24N2O7S/c1-13-8-18(14(2)23(13)16-6-7-31(27,28)12-16)19(24)10-30-21(26)15-4-3-5-17(9-15)29-11-20(22)25/h3-5,8-9,16H,6-7,10-12H2,1-2H3,(H2,22,25). The van der Waals surface area contributed by atoms with E-state index in [0.29, 0.717) is 17.7 Å². The van der Waals surface area contributed by atoms with Gasteiger partial charge in [-0.2, -0.15) is 0 Å². The second kappa shape index (κ2) is 8.93. The first kappa shape index (κ1) is 22.5. The predicted molar refractivity (Wildman–Crippen MR) is 112 cm³/mol. The number of rotatable bonds is 8. The highest BCUT2D eigenvalue weighted by Crippen LogP contribution is 2.29. The lowest BCUT2D eigenvalue weighted by atomic mass is 10.1. The Balaban J connectivity index is 1.66. The fourth-order valence-corrected chi connectivity index (χ4v) is 5.46. The van der Waals surface area contributed by atoms with Crippen LogP contribution < -0.4 is 10.5 Å². The van der Waals surface area contributed by atoms with Gasteiger partial charge in [0.15, 0.2) is 23.1 Å². The monoisotopic (exact) mass is 448 g/mol. The molecule has 1 fully saturated rings. The van der Waals surface area contributed by atoms with Gasteiger partial charge in [-0.05, 0) is 44.5 Å². The summed E-state index contributed by atoms with van der Waals surface area (Å²) in [6.45, 7) is 2.79. The van der Waals surface area contributed by atoms with Crippen LogP contribution in [0, 0.1) is 13.8 Å². The summed E-state index contributed by atoms with van der Waals surface area (Å²) >= 11 is 0. The van der Waals surface area contributed by atoms with E-state index in [1.165, 1.54) is 12.1 Å². The number of Topliss-reactive ketones (excluding diaryl/α,β-unsaturated/α-hetero) is 1. The van der Waals surface area contributed by atoms with Crippen molar-refractivity contribution < 1.29 is 32.3 Å². The van der Waals surface area contributed by atoms with Gasteiger partial charge in [0.1, 0.15) is 5.75 Å². The van der Waals surface area contributed by atoms with Gasteiger partial charge in [-0.3, -0.25) is 9.59 Å². The van der Waals surface area contributed by atoms with E-state index in [9.17, 15) is 22.8 Å². The summed E-state index contributed by atoms with van der Waals surface area (Å²) in [6, 6.07) is 7.49. The van der Waals surface area contributed by atoms with Crippen molar-refractivity contribution in [2.45, 2.75) is 26.3 Å². The summed E-state index contributed by atoms with van der Waals surface area (Å²) < 4.78 is 35.8. The number of hydrogen-bond donors (Lipinski definition) is 1. The lowest BCUT2D eigenvalue weighted by molar-refractivity contribution is -0.119. The largest absolute Gasteiger partial charge is 0.484 e. The Bertz CT molecular complexity index is 1130. The second-order valence-electron chi connectivity index (χ2n) is 7.49. The Labute approximate surface area is 180 Å². The summed E-state index contributed by atoms with van der Waals surface area (Å²) in [6.07, 6.45) is 0.509. The molecule has 31 heavy (non-hydrogen) atoms. The number of sulfone groups is 1. The zero-order chi connectivity index (χ0) is 22.8. The maximum atomic E-state index is 12.7. The molecule has 2 N–H and O–H groups in total. The molecule has 1 aromatic carbocycles. The highest BCUT2D eigenvalue weighted by Gasteiger charge is 2.31. The second-order valence-corrected chi connectivity index (χ2v) is 9.72. The van der Waals surface area contributed by atoms with Crippen molar-refractivity contribution >= 4 is 27.5 Å². The number of primary amides is 1. The van der Waals surface area contributed by atoms with Gasteiger partial charge < -0.3 is 19.8 Å². The Morgan fingerprint density at radius 3 is 2.55 bits per heavy atom. The van der Waals surface area contributed by atoms with Crippen LogP contribution in [-0.4, -0.2) is 55.4 Å². The van der Waals surface area contributed by atoms with E-state index in [2.05, 4.69) is 0 Å². The van der Waals surface area contributed by atoms with Crippen molar-refractivity contribution in [1.82, 2.24) is 4.57 Å². The summed E-state index contributed by atoms with van der Waals surface area (Å²) in [5, 5.41) is 0. The Hall–Kier alpha value is -3.14. The maximum absolute atomic E-state index is 12.7. The topological polar surface area (TPSA) is 135 Å². The first-order valence-corrected chi connectivity index (χ1v) is 11.5. The van der Waals surface area contributed by atoms with Crippen molar-refractivity contribution in [3.63, 3.8) is 0 Å². The zero-order valence-electron chi connectivity index (χ0n) is 17.3. The van der Waals surface area contributed by atoms with Gasteiger partial charge >= 0.3 is 5.97 Å². The number of carbonyl (C=O) groups excluding carboxylic acids is 3. The van der Waals surface area contributed by atoms with Crippen molar-refractivity contribution in [3.8, 4) is 5.75 Å². The molecule has 1 amide bonds. The summed E-state index contributed by atoms with van der Waals surface area (Å²) in [4.78, 5) is 35.8. The number of ketones is 1. The van der Waals surface area contributed by atoms with Crippen LogP contribution >= 0.6 is 0 Å². The van der Waals surface area contributed by atoms with Gasteiger partial charge in [-0.15, -0.1) is 0 Å². The average molecular weight is 448 g/mol. The van der Waals surface area contributed by atoms with Gasteiger partial charge in [-0.1, -0.05) is 6.07 Å². The van der Waals surface area contributed by atoms with Crippen LogP contribution in [0.2, 0.25) is 0 Å². The number of nitrogens with two attached hydrogens (primary N) is 1. The molecule has 1 aliphatic rings. The smallest absolute Gasteiger partial charge is 0.338 e. The molecule has 0 spiro atoms. The van der Waals surface area contributed by atoms with E-state index in [1.807, 2.05) is 11.5 Å². The number of esters is 1. The number of nitrogens with zero attached hydrogens (tertiary/aromatic N) is 1. The maximum Gasteiger partial charge on any atom is 0.338 e. The summed E-state index contributed by atoms with van der Waals surface area (Å²) in [5.74, 6) is -1.28. The molecule has 1 atom stereocenters. The molecule has 1 aromatic heterocycles. The molecule has 0 bridgehead atoms. The summed E-state index contributed by atoms with van der Waals surface area (Å²) in [5.41, 5.74) is 7.03. The van der Waals surface area contributed by atoms with Crippen LogP contribution in [-0.2, 0) is 19.4 Å². The van der Waals surface area contributed by atoms with E-state index < -0.39 is 28.3 Å². The third-order valence-electron chi connectivity index (χ3n) is 5.14. The normalized spacial score (nSPS) is 17.3. The van der Waals surface area contributed by atoms with Gasteiger partial charge in [0.2, 0.25) is 5.78 Å². The Kier molecular flexibility index (Phi) is 6.49. The molecule has 9 nitrogen and oxygen atoms in total. The number of aryl methyl sites for hydroxylation is 1. The van der Waals surface area contributed by atoms with Crippen molar-refractivity contribution in [1.29, 1.82) is 0 Å². The van der Waals surface area contributed by atoms with Gasteiger partial charge in [0.25, 0.3) is 5.91 Å². The summed E-state index contributed by atoms with van der Waals surface area (Å²) in [7, 11) is -3.06. The highest BCUT2D eigenvalue weighted by atomic mass is 32.2. The van der Waals surface area contributed by atoms with Gasteiger partial charge in [0, 0.05) is 23.0 Å². The molecule has 1 aliphatic heterocycles. The van der Waals surface area contributed by atoms with Gasteiger partial charge in [0.05, 0.1) is 17.1 Å². The molecule has 0 aliphatic carbocycles. The predicted octanol–water partition coefficient (Wildman–Crippen LogP) is 1.37. The fourth-order valence-electron chi connectivity index (χ4n) is 3.76.